The maximum atomic E-state index is 13.0. The smallest absolute Gasteiger partial charge is 0.229 e. The molecule has 0 aliphatic carbocycles. The average molecular weight is 347 g/mol. The Hall–Kier alpha value is -1.25. The van der Waals surface area contributed by atoms with Gasteiger partial charge in [-0.3, -0.25) is 0 Å². The van der Waals surface area contributed by atoms with Gasteiger partial charge in [0.2, 0.25) is 10.0 Å². The van der Waals surface area contributed by atoms with E-state index < -0.39 is 31.2 Å². The lowest BCUT2D eigenvalue weighted by atomic mass is 10.0. The first kappa shape index (κ1) is 17.1. The first-order valence-corrected chi connectivity index (χ1v) is 9.97. The number of rotatable bonds is 5. The van der Waals surface area contributed by atoms with E-state index in [-0.39, 0.29) is 29.4 Å². The van der Waals surface area contributed by atoms with Crippen molar-refractivity contribution in [2.45, 2.75) is 23.8 Å². The van der Waals surface area contributed by atoms with E-state index in [2.05, 4.69) is 6.58 Å². The molecule has 1 heterocycles. The van der Waals surface area contributed by atoms with Crippen LogP contribution in [0, 0.1) is 5.82 Å². The van der Waals surface area contributed by atoms with Gasteiger partial charge in [-0.05, 0) is 37.6 Å². The van der Waals surface area contributed by atoms with Crippen LogP contribution < -0.4 is 0 Å². The third-order valence-corrected chi connectivity index (χ3v) is 7.71. The second-order valence-corrected chi connectivity index (χ2v) is 9.66. The SMILES string of the molecule is C=CCN([C@]1(C)CCS(=O)(=O)C1)S(=O)(=O)c1ccc(F)cc1. The van der Waals surface area contributed by atoms with Gasteiger partial charge in [-0.1, -0.05) is 6.08 Å². The highest BCUT2D eigenvalue weighted by atomic mass is 32.2. The lowest BCUT2D eigenvalue weighted by molar-refractivity contribution is 0.252. The number of halogens is 1. The number of nitrogens with zero attached hydrogens (tertiary/aromatic N) is 1. The van der Waals surface area contributed by atoms with Crippen LogP contribution >= 0.6 is 0 Å². The Morgan fingerprint density at radius 3 is 2.41 bits per heavy atom. The van der Waals surface area contributed by atoms with Gasteiger partial charge in [0.15, 0.2) is 9.84 Å². The van der Waals surface area contributed by atoms with Gasteiger partial charge in [0.25, 0.3) is 0 Å². The summed E-state index contributed by atoms with van der Waals surface area (Å²) in [6.07, 6.45) is 1.64. The Morgan fingerprint density at radius 1 is 1.36 bits per heavy atom. The maximum absolute atomic E-state index is 13.0. The van der Waals surface area contributed by atoms with Crippen molar-refractivity contribution < 1.29 is 21.2 Å². The molecule has 22 heavy (non-hydrogen) atoms. The minimum Gasteiger partial charge on any atom is -0.229 e. The van der Waals surface area contributed by atoms with Gasteiger partial charge < -0.3 is 0 Å². The zero-order valence-electron chi connectivity index (χ0n) is 12.2. The molecular weight excluding hydrogens is 329 g/mol. The molecule has 0 saturated carbocycles. The summed E-state index contributed by atoms with van der Waals surface area (Å²) in [6, 6.07) is 4.47. The van der Waals surface area contributed by atoms with E-state index >= 15 is 0 Å². The van der Waals surface area contributed by atoms with Crippen LogP contribution in [0.25, 0.3) is 0 Å². The highest BCUT2D eigenvalue weighted by Gasteiger charge is 2.47. The lowest BCUT2D eigenvalue weighted by Crippen LogP contribution is -2.50. The van der Waals surface area contributed by atoms with Crippen LogP contribution in [0.4, 0.5) is 4.39 Å². The molecule has 0 bridgehead atoms. The fourth-order valence-corrected chi connectivity index (χ4v) is 6.65. The summed E-state index contributed by atoms with van der Waals surface area (Å²) < 4.78 is 63.3. The molecule has 0 N–H and O–H groups in total. The normalized spacial score (nSPS) is 24.5. The van der Waals surface area contributed by atoms with E-state index in [1.165, 1.54) is 18.2 Å². The Balaban J connectivity index is 2.47. The van der Waals surface area contributed by atoms with Crippen molar-refractivity contribution in [3.63, 3.8) is 0 Å². The standard InChI is InChI=1S/C14H18FNO4S2/c1-3-9-16(14(2)8-10-21(17,18)11-14)22(19,20)13-6-4-12(15)5-7-13/h3-7H,1,8-11H2,2H3/t14-/m1/s1. The van der Waals surface area contributed by atoms with Crippen molar-refractivity contribution >= 4 is 19.9 Å². The molecule has 1 atom stereocenters. The molecule has 0 radical (unpaired) electrons. The molecule has 8 heteroatoms. The fourth-order valence-electron chi connectivity index (χ4n) is 2.65. The monoisotopic (exact) mass is 347 g/mol. The topological polar surface area (TPSA) is 71.5 Å². The van der Waals surface area contributed by atoms with Crippen LogP contribution in [0.5, 0.6) is 0 Å². The summed E-state index contributed by atoms with van der Waals surface area (Å²) in [7, 11) is -7.21. The van der Waals surface area contributed by atoms with E-state index in [1.54, 1.807) is 6.92 Å². The molecule has 2 rings (SSSR count). The summed E-state index contributed by atoms with van der Waals surface area (Å²) in [5.41, 5.74) is -1.03. The van der Waals surface area contributed by atoms with Crippen molar-refractivity contribution in [1.29, 1.82) is 0 Å². The first-order valence-electron chi connectivity index (χ1n) is 6.70. The molecule has 1 aromatic rings. The van der Waals surface area contributed by atoms with E-state index in [0.29, 0.717) is 0 Å². The molecule has 122 valence electrons. The molecule has 0 amide bonds. The van der Waals surface area contributed by atoms with Crippen LogP contribution in [0.1, 0.15) is 13.3 Å². The largest absolute Gasteiger partial charge is 0.243 e. The molecule has 0 spiro atoms. The third-order valence-electron chi connectivity index (χ3n) is 3.78. The molecule has 1 aliphatic rings. The van der Waals surface area contributed by atoms with Gasteiger partial charge in [0.05, 0.1) is 16.4 Å². The van der Waals surface area contributed by atoms with Crippen LogP contribution in [-0.4, -0.2) is 44.7 Å². The molecular formula is C14H18FNO4S2. The second kappa shape index (κ2) is 5.75. The Morgan fingerprint density at radius 2 is 1.95 bits per heavy atom. The van der Waals surface area contributed by atoms with Gasteiger partial charge in [0.1, 0.15) is 5.82 Å². The van der Waals surface area contributed by atoms with Crippen molar-refractivity contribution in [2.24, 2.45) is 0 Å². The van der Waals surface area contributed by atoms with Crippen molar-refractivity contribution in [3.8, 4) is 0 Å². The van der Waals surface area contributed by atoms with Gasteiger partial charge in [-0.15, -0.1) is 6.58 Å². The van der Waals surface area contributed by atoms with E-state index in [4.69, 9.17) is 0 Å². The Kier molecular flexibility index (Phi) is 4.47. The molecule has 0 unspecified atom stereocenters. The highest BCUT2D eigenvalue weighted by Crippen LogP contribution is 2.34. The maximum Gasteiger partial charge on any atom is 0.243 e. The summed E-state index contributed by atoms with van der Waals surface area (Å²) >= 11 is 0. The van der Waals surface area contributed by atoms with Crippen LogP contribution in [0.2, 0.25) is 0 Å². The molecule has 0 aromatic heterocycles. The van der Waals surface area contributed by atoms with Crippen molar-refractivity contribution in [2.75, 3.05) is 18.1 Å². The summed E-state index contributed by atoms with van der Waals surface area (Å²) in [5.74, 6) is -0.812. The fraction of sp³-hybridized carbons (Fsp3) is 0.429. The van der Waals surface area contributed by atoms with Crippen LogP contribution in [0.3, 0.4) is 0 Å². The first-order chi connectivity index (χ1) is 10.1. The second-order valence-electron chi connectivity index (χ2n) is 5.62. The van der Waals surface area contributed by atoms with Crippen molar-refractivity contribution in [3.05, 3.63) is 42.7 Å². The molecule has 1 saturated heterocycles. The van der Waals surface area contributed by atoms with Gasteiger partial charge in [-0.2, -0.15) is 4.31 Å². The Labute approximate surface area is 130 Å². The zero-order valence-corrected chi connectivity index (χ0v) is 13.8. The number of hydrogen-bond donors (Lipinski definition) is 0. The number of benzene rings is 1. The number of hydrogen-bond acceptors (Lipinski definition) is 4. The minimum atomic E-state index is -3.94. The van der Waals surface area contributed by atoms with Gasteiger partial charge in [-0.25, -0.2) is 21.2 Å². The lowest BCUT2D eigenvalue weighted by Gasteiger charge is -2.35. The van der Waals surface area contributed by atoms with Crippen molar-refractivity contribution in [1.82, 2.24) is 4.31 Å². The molecule has 1 aliphatic heterocycles. The van der Waals surface area contributed by atoms with Crippen LogP contribution in [0.15, 0.2) is 41.8 Å². The summed E-state index contributed by atoms with van der Waals surface area (Å²) in [4.78, 5) is -0.0683. The zero-order chi connectivity index (χ0) is 16.6. The summed E-state index contributed by atoms with van der Waals surface area (Å²) in [6.45, 7) is 5.15. The highest BCUT2D eigenvalue weighted by molar-refractivity contribution is 7.92. The number of sulfone groups is 1. The molecule has 1 aromatic carbocycles. The van der Waals surface area contributed by atoms with Gasteiger partial charge in [0, 0.05) is 12.1 Å². The van der Waals surface area contributed by atoms with E-state index in [1.807, 2.05) is 0 Å². The van der Waals surface area contributed by atoms with E-state index in [0.717, 1.165) is 16.4 Å². The van der Waals surface area contributed by atoms with E-state index in [9.17, 15) is 21.2 Å². The molecule has 1 fully saturated rings. The quantitative estimate of drug-likeness (QED) is 0.758. The average Bonchev–Trinajstić information content (AvgIpc) is 2.71. The summed E-state index contributed by atoms with van der Waals surface area (Å²) in [5, 5.41) is 0. The predicted molar refractivity (Wildman–Crippen MR) is 82.2 cm³/mol. The minimum absolute atomic E-state index is 0.00820. The van der Waals surface area contributed by atoms with Crippen LogP contribution in [-0.2, 0) is 19.9 Å². The van der Waals surface area contributed by atoms with Gasteiger partial charge >= 0.3 is 0 Å². The molecule has 5 nitrogen and oxygen atoms in total. The third kappa shape index (κ3) is 3.23. The predicted octanol–water partition coefficient (Wildman–Crippen LogP) is 1.58. The number of sulfonamides is 1. The Bertz CT molecular complexity index is 772.